The number of nitrogens with zero attached hydrogens (tertiary/aromatic N) is 2. The summed E-state index contributed by atoms with van der Waals surface area (Å²) in [6, 6.07) is 6.82. The van der Waals surface area contributed by atoms with Crippen molar-refractivity contribution in [3.05, 3.63) is 65.4 Å². The predicted octanol–water partition coefficient (Wildman–Crippen LogP) is 2.73. The maximum atomic E-state index is 13.8. The maximum absolute atomic E-state index is 13.8. The van der Waals surface area contributed by atoms with Crippen LogP contribution in [0, 0.1) is 12.7 Å². The molecule has 0 aliphatic heterocycles. The minimum Gasteiger partial charge on any atom is -0.478 e. The molecule has 0 fully saturated rings. The number of halogens is 1. The van der Waals surface area contributed by atoms with Crippen molar-refractivity contribution in [1.82, 2.24) is 9.38 Å². The number of hydrogen-bond acceptors (Lipinski definition) is 3. The molecule has 0 aliphatic carbocycles. The Morgan fingerprint density at radius 3 is 2.78 bits per heavy atom. The summed E-state index contributed by atoms with van der Waals surface area (Å²) in [5.74, 6) is -2.50. The molecule has 116 valence electrons. The van der Waals surface area contributed by atoms with Crippen molar-refractivity contribution >= 4 is 23.2 Å². The van der Waals surface area contributed by atoms with Gasteiger partial charge >= 0.3 is 5.97 Å². The van der Waals surface area contributed by atoms with Gasteiger partial charge in [-0.2, -0.15) is 0 Å². The van der Waals surface area contributed by atoms with Gasteiger partial charge in [0.1, 0.15) is 17.2 Å². The number of imidazole rings is 1. The molecule has 3 rings (SSSR count). The van der Waals surface area contributed by atoms with Crippen LogP contribution in [0.1, 0.15) is 26.4 Å². The SMILES string of the molecule is Cc1ccc2ncc(C(=O)Nc3cc(C(=O)O)ccc3F)n2c1. The Morgan fingerprint density at radius 1 is 1.26 bits per heavy atom. The number of carbonyl (C=O) groups excluding carboxylic acids is 1. The first-order chi connectivity index (χ1) is 11.0. The second-order valence-electron chi connectivity index (χ2n) is 5.03. The second-order valence-corrected chi connectivity index (χ2v) is 5.03. The van der Waals surface area contributed by atoms with Crippen LogP contribution < -0.4 is 5.32 Å². The minimum absolute atomic E-state index is 0.115. The summed E-state index contributed by atoms with van der Waals surface area (Å²) >= 11 is 0. The number of amides is 1. The van der Waals surface area contributed by atoms with Gasteiger partial charge in [-0.25, -0.2) is 14.2 Å². The van der Waals surface area contributed by atoms with Gasteiger partial charge in [-0.3, -0.25) is 9.20 Å². The highest BCUT2D eigenvalue weighted by Gasteiger charge is 2.15. The zero-order valence-electron chi connectivity index (χ0n) is 12.1. The van der Waals surface area contributed by atoms with Gasteiger partial charge in [0, 0.05) is 6.20 Å². The van der Waals surface area contributed by atoms with Crippen molar-refractivity contribution in [3.8, 4) is 0 Å². The molecule has 0 aliphatic rings. The Morgan fingerprint density at radius 2 is 2.04 bits per heavy atom. The van der Waals surface area contributed by atoms with Gasteiger partial charge in [0.15, 0.2) is 0 Å². The number of benzene rings is 1. The average Bonchev–Trinajstić information content (AvgIpc) is 2.92. The van der Waals surface area contributed by atoms with E-state index in [0.29, 0.717) is 5.65 Å². The van der Waals surface area contributed by atoms with Gasteiger partial charge in [0.2, 0.25) is 0 Å². The number of hydrogen-bond donors (Lipinski definition) is 2. The number of pyridine rings is 1. The van der Waals surface area contributed by atoms with Crippen LogP contribution in [-0.2, 0) is 0 Å². The fraction of sp³-hybridized carbons (Fsp3) is 0.0625. The Balaban J connectivity index is 1.96. The van der Waals surface area contributed by atoms with Crippen LogP contribution in [0.4, 0.5) is 10.1 Å². The summed E-state index contributed by atoms with van der Waals surface area (Å²) in [4.78, 5) is 27.4. The molecular weight excluding hydrogens is 301 g/mol. The van der Waals surface area contributed by atoms with Gasteiger partial charge in [-0.05, 0) is 36.8 Å². The fourth-order valence-corrected chi connectivity index (χ4v) is 2.20. The summed E-state index contributed by atoms with van der Waals surface area (Å²) in [7, 11) is 0. The molecule has 6 nitrogen and oxygen atoms in total. The van der Waals surface area contributed by atoms with Crippen molar-refractivity contribution in [1.29, 1.82) is 0 Å². The molecule has 2 aromatic heterocycles. The molecule has 0 saturated carbocycles. The molecule has 0 saturated heterocycles. The number of rotatable bonds is 3. The van der Waals surface area contributed by atoms with Crippen molar-refractivity contribution in [3.63, 3.8) is 0 Å². The lowest BCUT2D eigenvalue weighted by Gasteiger charge is -2.07. The van der Waals surface area contributed by atoms with Gasteiger partial charge in [-0.15, -0.1) is 0 Å². The second kappa shape index (κ2) is 5.53. The molecule has 2 N–H and O–H groups in total. The van der Waals surface area contributed by atoms with Crippen LogP contribution in [0.3, 0.4) is 0 Å². The van der Waals surface area contributed by atoms with Crippen LogP contribution >= 0.6 is 0 Å². The Kier molecular flexibility index (Phi) is 3.53. The minimum atomic E-state index is -1.20. The molecule has 0 bridgehead atoms. The van der Waals surface area contributed by atoms with Gasteiger partial charge in [0.25, 0.3) is 5.91 Å². The largest absolute Gasteiger partial charge is 0.478 e. The van der Waals surface area contributed by atoms with E-state index in [2.05, 4.69) is 10.3 Å². The number of aryl methyl sites for hydroxylation is 1. The van der Waals surface area contributed by atoms with E-state index in [-0.39, 0.29) is 16.9 Å². The van der Waals surface area contributed by atoms with E-state index in [4.69, 9.17) is 5.11 Å². The summed E-state index contributed by atoms with van der Waals surface area (Å²) in [6.07, 6.45) is 3.12. The van der Waals surface area contributed by atoms with Crippen LogP contribution in [0.5, 0.6) is 0 Å². The first-order valence-corrected chi connectivity index (χ1v) is 6.73. The fourth-order valence-electron chi connectivity index (χ4n) is 2.20. The third-order valence-electron chi connectivity index (χ3n) is 3.35. The number of aromatic nitrogens is 2. The van der Waals surface area contributed by atoms with E-state index in [0.717, 1.165) is 23.8 Å². The molecular formula is C16H12FN3O3. The van der Waals surface area contributed by atoms with Crippen molar-refractivity contribution < 1.29 is 19.1 Å². The summed E-state index contributed by atoms with van der Waals surface area (Å²) < 4.78 is 15.4. The van der Waals surface area contributed by atoms with Crippen LogP contribution in [0.25, 0.3) is 5.65 Å². The number of carboxylic acids is 1. The molecule has 3 aromatic rings. The van der Waals surface area contributed by atoms with Gasteiger partial charge in [0.05, 0.1) is 17.4 Å². The highest BCUT2D eigenvalue weighted by Crippen LogP contribution is 2.18. The molecule has 7 heteroatoms. The number of anilines is 1. The Labute approximate surface area is 130 Å². The van der Waals surface area contributed by atoms with Gasteiger partial charge < -0.3 is 10.4 Å². The molecule has 0 unspecified atom stereocenters. The van der Waals surface area contributed by atoms with Crippen LogP contribution in [0.2, 0.25) is 0 Å². The third kappa shape index (κ3) is 2.76. The third-order valence-corrected chi connectivity index (χ3v) is 3.35. The molecule has 0 atom stereocenters. The average molecular weight is 313 g/mol. The maximum Gasteiger partial charge on any atom is 0.335 e. The lowest BCUT2D eigenvalue weighted by atomic mass is 10.2. The van der Waals surface area contributed by atoms with E-state index < -0.39 is 17.7 Å². The van der Waals surface area contributed by atoms with Gasteiger partial charge in [-0.1, -0.05) is 6.07 Å². The molecule has 1 amide bonds. The first-order valence-electron chi connectivity index (χ1n) is 6.73. The molecule has 0 radical (unpaired) electrons. The quantitative estimate of drug-likeness (QED) is 0.779. The van der Waals surface area contributed by atoms with Crippen molar-refractivity contribution in [2.24, 2.45) is 0 Å². The lowest BCUT2D eigenvalue weighted by Crippen LogP contribution is -2.15. The first kappa shape index (κ1) is 14.7. The van der Waals surface area contributed by atoms with E-state index in [9.17, 15) is 14.0 Å². The zero-order valence-corrected chi connectivity index (χ0v) is 12.1. The predicted molar refractivity (Wildman–Crippen MR) is 81.2 cm³/mol. The number of fused-ring (bicyclic) bond motifs is 1. The Hall–Kier alpha value is -3.22. The molecule has 2 heterocycles. The number of aromatic carboxylic acids is 1. The monoisotopic (exact) mass is 313 g/mol. The highest BCUT2D eigenvalue weighted by molar-refractivity contribution is 6.04. The summed E-state index contributed by atoms with van der Waals surface area (Å²) in [6.45, 7) is 1.87. The summed E-state index contributed by atoms with van der Waals surface area (Å²) in [5.41, 5.74) is 1.43. The van der Waals surface area contributed by atoms with E-state index >= 15 is 0 Å². The van der Waals surface area contributed by atoms with Crippen LogP contribution in [-0.4, -0.2) is 26.4 Å². The van der Waals surface area contributed by atoms with Crippen molar-refractivity contribution in [2.75, 3.05) is 5.32 Å². The molecule has 1 aromatic carbocycles. The zero-order chi connectivity index (χ0) is 16.6. The lowest BCUT2D eigenvalue weighted by molar-refractivity contribution is 0.0696. The van der Waals surface area contributed by atoms with E-state index in [1.807, 2.05) is 13.0 Å². The number of carbonyl (C=O) groups is 2. The standard InChI is InChI=1S/C16H12FN3O3/c1-9-2-5-14-18-7-13(20(14)8-9)15(21)19-12-6-10(16(22)23)3-4-11(12)17/h2-8H,1H3,(H,19,21)(H,22,23). The number of nitrogens with one attached hydrogen (secondary N) is 1. The topological polar surface area (TPSA) is 83.7 Å². The molecule has 0 spiro atoms. The van der Waals surface area contributed by atoms with E-state index in [1.54, 1.807) is 16.7 Å². The van der Waals surface area contributed by atoms with Crippen molar-refractivity contribution in [2.45, 2.75) is 6.92 Å². The number of carboxylic acid groups (broad SMARTS) is 1. The van der Waals surface area contributed by atoms with Crippen LogP contribution in [0.15, 0.2) is 42.7 Å². The Bertz CT molecular complexity index is 933. The summed E-state index contributed by atoms with van der Waals surface area (Å²) in [5, 5.41) is 11.3. The normalized spacial score (nSPS) is 10.7. The molecule has 23 heavy (non-hydrogen) atoms. The van der Waals surface area contributed by atoms with E-state index in [1.165, 1.54) is 6.20 Å². The highest BCUT2D eigenvalue weighted by atomic mass is 19.1. The smallest absolute Gasteiger partial charge is 0.335 e.